The third-order valence-electron chi connectivity index (χ3n) is 6.69. The molecule has 0 saturated carbocycles. The van der Waals surface area contributed by atoms with Gasteiger partial charge in [0, 0.05) is 29.3 Å². The number of rotatable bonds is 9. The Morgan fingerprint density at radius 1 is 0.878 bits per heavy atom. The van der Waals surface area contributed by atoms with Gasteiger partial charge in [0.05, 0.1) is 5.56 Å². The van der Waals surface area contributed by atoms with E-state index in [9.17, 15) is 23.1 Å². The van der Waals surface area contributed by atoms with Crippen molar-refractivity contribution < 1.29 is 27.8 Å². The van der Waals surface area contributed by atoms with Crippen LogP contribution in [-0.2, 0) is 19.2 Å². The summed E-state index contributed by atoms with van der Waals surface area (Å²) in [5, 5.41) is 14.2. The molecule has 0 aliphatic rings. The molecule has 0 aliphatic carbocycles. The van der Waals surface area contributed by atoms with Crippen molar-refractivity contribution in [1.82, 2.24) is 10.3 Å². The van der Waals surface area contributed by atoms with E-state index in [0.717, 1.165) is 30.4 Å². The van der Waals surface area contributed by atoms with Crippen molar-refractivity contribution in [1.29, 1.82) is 0 Å². The van der Waals surface area contributed by atoms with E-state index in [1.165, 1.54) is 17.7 Å². The molecule has 0 bridgehead atoms. The number of carbonyl (C=O) groups is 1. The lowest BCUT2D eigenvalue weighted by atomic mass is 9.99. The van der Waals surface area contributed by atoms with Crippen LogP contribution in [0.3, 0.4) is 0 Å². The number of nitrogens with zero attached hydrogens (tertiary/aromatic N) is 1. The highest BCUT2D eigenvalue weighted by molar-refractivity contribution is 5.96. The Labute approximate surface area is 235 Å². The molecule has 1 heterocycles. The quantitative estimate of drug-likeness (QED) is 0.184. The molecule has 208 valence electrons. The molecule has 41 heavy (non-hydrogen) atoms. The zero-order valence-electron chi connectivity index (χ0n) is 22.0. The van der Waals surface area contributed by atoms with Gasteiger partial charge in [0.2, 0.25) is 0 Å². The van der Waals surface area contributed by atoms with E-state index in [-0.39, 0.29) is 18.3 Å². The van der Waals surface area contributed by atoms with Crippen LogP contribution in [0, 0.1) is 0 Å². The number of hydrogen-bond acceptors (Lipinski definition) is 4. The van der Waals surface area contributed by atoms with E-state index >= 15 is 0 Å². The fourth-order valence-electron chi connectivity index (χ4n) is 4.54. The Hall–Kier alpha value is -4.85. The second-order valence-corrected chi connectivity index (χ2v) is 9.61. The number of phenols is 1. The molecule has 1 aromatic heterocycles. The number of nitrogens with one attached hydrogen (secondary N) is 1. The maximum atomic E-state index is 13.0. The van der Waals surface area contributed by atoms with Crippen LogP contribution in [0.15, 0.2) is 103 Å². The number of fused-ring (bicyclic) bond motifs is 1. The largest absolute Gasteiger partial charge is 0.506 e. The number of phenolic OH excluding ortho intramolecular Hbond substituents is 1. The van der Waals surface area contributed by atoms with Gasteiger partial charge in [0.1, 0.15) is 23.6 Å². The molecule has 4 aromatic carbocycles. The molecule has 8 heteroatoms. The molecule has 5 nitrogen and oxygen atoms in total. The first-order chi connectivity index (χ1) is 19.8. The number of amides is 1. The van der Waals surface area contributed by atoms with Gasteiger partial charge in [-0.1, -0.05) is 48.5 Å². The third-order valence-corrected chi connectivity index (χ3v) is 6.69. The van der Waals surface area contributed by atoms with Gasteiger partial charge in [0.25, 0.3) is 5.91 Å². The molecule has 5 rings (SSSR count). The Bertz CT molecular complexity index is 1650. The fraction of sp³-hybridized carbons (Fsp3) is 0.152. The second-order valence-electron chi connectivity index (χ2n) is 9.61. The number of pyridine rings is 1. The molecule has 0 radical (unpaired) electrons. The summed E-state index contributed by atoms with van der Waals surface area (Å²) in [6.45, 7) is 0.469. The molecule has 1 amide bonds. The van der Waals surface area contributed by atoms with Crippen molar-refractivity contribution in [3.8, 4) is 22.6 Å². The Kier molecular flexibility index (Phi) is 8.19. The molecular formula is C33H27F3N2O3. The summed E-state index contributed by atoms with van der Waals surface area (Å²) in [5.41, 5.74) is 3.06. The molecule has 0 spiro atoms. The average Bonchev–Trinajstić information content (AvgIpc) is 2.98. The van der Waals surface area contributed by atoms with Gasteiger partial charge in [-0.3, -0.25) is 9.78 Å². The fourth-order valence-corrected chi connectivity index (χ4v) is 4.54. The van der Waals surface area contributed by atoms with Gasteiger partial charge >= 0.3 is 6.18 Å². The first-order valence-electron chi connectivity index (χ1n) is 13.1. The van der Waals surface area contributed by atoms with Crippen LogP contribution in [0.25, 0.3) is 22.0 Å². The monoisotopic (exact) mass is 556 g/mol. The van der Waals surface area contributed by atoms with Gasteiger partial charge in [-0.2, -0.15) is 13.2 Å². The Morgan fingerprint density at radius 2 is 1.66 bits per heavy atom. The number of alkyl halides is 3. The van der Waals surface area contributed by atoms with E-state index in [1.54, 1.807) is 36.5 Å². The van der Waals surface area contributed by atoms with Gasteiger partial charge in [-0.05, 0) is 78.1 Å². The van der Waals surface area contributed by atoms with Crippen molar-refractivity contribution in [2.75, 3.05) is 6.54 Å². The number of aromatic nitrogens is 1. The number of benzene rings is 4. The van der Waals surface area contributed by atoms with Crippen LogP contribution in [0.2, 0.25) is 0 Å². The molecule has 0 aliphatic heterocycles. The van der Waals surface area contributed by atoms with Crippen LogP contribution in [0.4, 0.5) is 13.2 Å². The summed E-state index contributed by atoms with van der Waals surface area (Å²) in [4.78, 5) is 17.2. The highest BCUT2D eigenvalue weighted by Gasteiger charge is 2.30. The summed E-state index contributed by atoms with van der Waals surface area (Å²) in [5.74, 6) is 0.0750. The average molecular weight is 557 g/mol. The predicted molar refractivity (Wildman–Crippen MR) is 152 cm³/mol. The molecular weight excluding hydrogens is 529 g/mol. The van der Waals surface area contributed by atoms with Crippen molar-refractivity contribution >= 4 is 16.8 Å². The smallest absolute Gasteiger partial charge is 0.416 e. The number of hydrogen-bond donors (Lipinski definition) is 2. The second kappa shape index (κ2) is 12.1. The Balaban J connectivity index is 1.38. The van der Waals surface area contributed by atoms with Crippen molar-refractivity contribution in [3.63, 3.8) is 0 Å². The van der Waals surface area contributed by atoms with E-state index in [0.29, 0.717) is 40.1 Å². The predicted octanol–water partition coefficient (Wildman–Crippen LogP) is 7.57. The number of halogens is 3. The lowest BCUT2D eigenvalue weighted by molar-refractivity contribution is -0.137. The van der Waals surface area contributed by atoms with Gasteiger partial charge in [-0.15, -0.1) is 0 Å². The van der Waals surface area contributed by atoms with Crippen molar-refractivity contribution in [2.24, 2.45) is 0 Å². The van der Waals surface area contributed by atoms with Gasteiger partial charge in [-0.25, -0.2) is 0 Å². The van der Waals surface area contributed by atoms with E-state index in [4.69, 9.17) is 4.74 Å². The zero-order valence-corrected chi connectivity index (χ0v) is 22.0. The molecule has 2 N–H and O–H groups in total. The number of aromatic hydroxyl groups is 1. The molecule has 0 unspecified atom stereocenters. The van der Waals surface area contributed by atoms with Crippen LogP contribution in [0.5, 0.6) is 11.5 Å². The minimum atomic E-state index is -4.43. The van der Waals surface area contributed by atoms with Crippen LogP contribution < -0.4 is 10.1 Å². The lowest BCUT2D eigenvalue weighted by Crippen LogP contribution is -2.24. The molecule has 0 saturated heterocycles. The highest BCUT2D eigenvalue weighted by Crippen LogP contribution is 2.37. The van der Waals surface area contributed by atoms with Crippen LogP contribution in [-0.4, -0.2) is 22.5 Å². The van der Waals surface area contributed by atoms with E-state index in [2.05, 4.69) is 10.3 Å². The normalized spacial score (nSPS) is 11.4. The topological polar surface area (TPSA) is 71.5 Å². The summed E-state index contributed by atoms with van der Waals surface area (Å²) < 4.78 is 45.0. The summed E-state index contributed by atoms with van der Waals surface area (Å²) in [7, 11) is 0. The van der Waals surface area contributed by atoms with Crippen molar-refractivity contribution in [3.05, 3.63) is 126 Å². The summed E-state index contributed by atoms with van der Waals surface area (Å²) in [6, 6.07) is 26.8. The number of carbonyl (C=O) groups excluding carboxylic acids is 1. The van der Waals surface area contributed by atoms with Crippen LogP contribution >= 0.6 is 0 Å². The molecule has 0 atom stereocenters. The highest BCUT2D eigenvalue weighted by atomic mass is 19.4. The van der Waals surface area contributed by atoms with Gasteiger partial charge < -0.3 is 15.2 Å². The van der Waals surface area contributed by atoms with Crippen LogP contribution in [0.1, 0.15) is 33.5 Å². The standard InChI is InChI=1S/C33H27F3N2O3/c34-33(35,36)27-13-10-23(11-14-27)21-41-30-20-25(32(40)38-17-4-8-22-6-2-1-3-7-22)12-15-28(30)26-18-24-9-5-16-37-31(24)29(39)19-26/h1-3,5-7,9-16,18-20,39H,4,8,17,21H2,(H,38,40). The Morgan fingerprint density at radius 3 is 2.41 bits per heavy atom. The number of aryl methyl sites for hydroxylation is 1. The van der Waals surface area contributed by atoms with E-state index < -0.39 is 11.7 Å². The third kappa shape index (κ3) is 6.84. The first kappa shape index (κ1) is 27.7. The SMILES string of the molecule is O=C(NCCCc1ccccc1)c1ccc(-c2cc(O)c3ncccc3c2)c(OCc2ccc(C(F)(F)F)cc2)c1. The molecule has 0 fully saturated rings. The maximum absolute atomic E-state index is 13.0. The van der Waals surface area contributed by atoms with E-state index in [1.807, 2.05) is 42.5 Å². The maximum Gasteiger partial charge on any atom is 0.416 e. The summed E-state index contributed by atoms with van der Waals surface area (Å²) >= 11 is 0. The van der Waals surface area contributed by atoms with Gasteiger partial charge in [0.15, 0.2) is 0 Å². The molecule has 5 aromatic rings. The van der Waals surface area contributed by atoms with Crippen molar-refractivity contribution in [2.45, 2.75) is 25.6 Å². The summed E-state index contributed by atoms with van der Waals surface area (Å²) in [6.07, 6.45) is -1.23. The first-order valence-corrected chi connectivity index (χ1v) is 13.1. The minimum absolute atomic E-state index is 0.00738. The number of ether oxygens (including phenoxy) is 1. The minimum Gasteiger partial charge on any atom is -0.506 e. The lowest BCUT2D eigenvalue weighted by Gasteiger charge is -2.15. The zero-order chi connectivity index (χ0) is 28.8.